The fraction of sp³-hybridized carbons (Fsp3) is 0.167. The fourth-order valence-corrected chi connectivity index (χ4v) is 4.20. The van der Waals surface area contributed by atoms with Crippen molar-refractivity contribution >= 4 is 40.3 Å². The quantitative estimate of drug-likeness (QED) is 0.219. The molecule has 0 atom stereocenters. The number of hydrogen-bond donors (Lipinski definition) is 0. The predicted octanol–water partition coefficient (Wildman–Crippen LogP) is 5.26. The van der Waals surface area contributed by atoms with Crippen molar-refractivity contribution in [3.8, 4) is 11.5 Å². The molecule has 0 N–H and O–H groups in total. The van der Waals surface area contributed by atoms with E-state index in [-0.39, 0.29) is 5.91 Å². The van der Waals surface area contributed by atoms with Crippen molar-refractivity contribution in [3.63, 3.8) is 0 Å². The maximum atomic E-state index is 12.6. The summed E-state index contributed by atoms with van der Waals surface area (Å²) in [6.07, 6.45) is 6.09. The van der Waals surface area contributed by atoms with Crippen LogP contribution in [0.3, 0.4) is 0 Å². The first-order valence-electron chi connectivity index (χ1n) is 9.53. The highest BCUT2D eigenvalue weighted by atomic mass is 32.2. The van der Waals surface area contributed by atoms with Crippen LogP contribution in [0.2, 0.25) is 0 Å². The van der Waals surface area contributed by atoms with Crippen LogP contribution in [0.4, 0.5) is 0 Å². The highest BCUT2D eigenvalue weighted by molar-refractivity contribution is 8.26. The Bertz CT molecular complexity index is 984. The molecule has 30 heavy (non-hydrogen) atoms. The number of carbonyl (C=O) groups excluding carboxylic acids is 1. The Labute approximate surface area is 186 Å². The standard InChI is InChI=1S/C24H23NO3S2/c1-3-9-18-10-5-7-12-20(18)27-15-16-28-21-13-8-6-11-19(21)17-22-23(26)25(14-4-2)24(29)30-22/h3-8,10-13,17H,1-2,9,14-16H2/b22-17-. The lowest BCUT2D eigenvalue weighted by atomic mass is 10.1. The molecule has 1 heterocycles. The molecule has 154 valence electrons. The minimum atomic E-state index is -0.109. The van der Waals surface area contributed by atoms with Gasteiger partial charge in [0.2, 0.25) is 0 Å². The van der Waals surface area contributed by atoms with E-state index in [1.54, 1.807) is 6.08 Å². The Kier molecular flexibility index (Phi) is 7.88. The van der Waals surface area contributed by atoms with Crippen LogP contribution in [-0.4, -0.2) is 34.9 Å². The molecule has 1 fully saturated rings. The van der Waals surface area contributed by atoms with Crippen LogP contribution < -0.4 is 9.47 Å². The zero-order valence-electron chi connectivity index (χ0n) is 16.6. The van der Waals surface area contributed by atoms with Crippen molar-refractivity contribution in [1.82, 2.24) is 4.90 Å². The van der Waals surface area contributed by atoms with Gasteiger partial charge >= 0.3 is 0 Å². The van der Waals surface area contributed by atoms with Crippen LogP contribution >= 0.6 is 24.0 Å². The van der Waals surface area contributed by atoms with Gasteiger partial charge in [0.05, 0.1) is 4.91 Å². The van der Waals surface area contributed by atoms with Gasteiger partial charge in [0.25, 0.3) is 5.91 Å². The third-order valence-corrected chi connectivity index (χ3v) is 5.70. The third-order valence-electron chi connectivity index (χ3n) is 4.33. The van der Waals surface area contributed by atoms with Gasteiger partial charge in [-0.05, 0) is 30.2 Å². The van der Waals surface area contributed by atoms with Gasteiger partial charge in [-0.2, -0.15) is 0 Å². The zero-order valence-corrected chi connectivity index (χ0v) is 18.2. The topological polar surface area (TPSA) is 38.8 Å². The molecule has 4 nitrogen and oxygen atoms in total. The summed E-state index contributed by atoms with van der Waals surface area (Å²) in [5, 5.41) is 0. The Balaban J connectivity index is 1.64. The molecule has 0 unspecified atom stereocenters. The summed E-state index contributed by atoms with van der Waals surface area (Å²) >= 11 is 6.59. The summed E-state index contributed by atoms with van der Waals surface area (Å²) in [7, 11) is 0. The number of amides is 1. The molecule has 3 rings (SSSR count). The van der Waals surface area contributed by atoms with Gasteiger partial charge in [-0.25, -0.2) is 0 Å². The lowest BCUT2D eigenvalue weighted by Gasteiger charge is -2.13. The molecular weight excluding hydrogens is 414 g/mol. The first-order valence-corrected chi connectivity index (χ1v) is 10.8. The highest BCUT2D eigenvalue weighted by Gasteiger charge is 2.31. The van der Waals surface area contributed by atoms with E-state index in [1.807, 2.05) is 60.7 Å². The highest BCUT2D eigenvalue weighted by Crippen LogP contribution is 2.34. The second-order valence-corrected chi connectivity index (χ2v) is 8.09. The first kappa shape index (κ1) is 21.9. The van der Waals surface area contributed by atoms with Crippen molar-refractivity contribution in [2.75, 3.05) is 19.8 Å². The van der Waals surface area contributed by atoms with E-state index >= 15 is 0 Å². The Hall–Kier alpha value is -2.83. The van der Waals surface area contributed by atoms with Gasteiger partial charge in [0, 0.05) is 12.1 Å². The molecule has 1 saturated heterocycles. The molecule has 0 radical (unpaired) electrons. The zero-order chi connectivity index (χ0) is 21.3. The van der Waals surface area contributed by atoms with Crippen molar-refractivity contribution in [1.29, 1.82) is 0 Å². The van der Waals surface area contributed by atoms with Crippen LogP contribution in [0.15, 0.2) is 78.7 Å². The lowest BCUT2D eigenvalue weighted by molar-refractivity contribution is -0.121. The number of allylic oxidation sites excluding steroid dienone is 1. The van der Waals surface area contributed by atoms with Crippen LogP contribution in [0.25, 0.3) is 6.08 Å². The maximum absolute atomic E-state index is 12.6. The number of nitrogens with zero attached hydrogens (tertiary/aromatic N) is 1. The molecule has 0 saturated carbocycles. The summed E-state index contributed by atoms with van der Waals surface area (Å²) in [5.41, 5.74) is 1.91. The largest absolute Gasteiger partial charge is 0.490 e. The monoisotopic (exact) mass is 437 g/mol. The van der Waals surface area contributed by atoms with Crippen LogP contribution in [-0.2, 0) is 11.2 Å². The van der Waals surface area contributed by atoms with Crippen molar-refractivity contribution < 1.29 is 14.3 Å². The minimum Gasteiger partial charge on any atom is -0.490 e. The number of para-hydroxylation sites is 2. The third kappa shape index (κ3) is 5.40. The molecule has 1 amide bonds. The molecule has 0 spiro atoms. The molecule has 2 aromatic rings. The molecule has 0 aliphatic carbocycles. The Morgan fingerprint density at radius 2 is 1.63 bits per heavy atom. The fourth-order valence-electron chi connectivity index (χ4n) is 2.93. The second kappa shape index (κ2) is 10.8. The number of thioether (sulfide) groups is 1. The van der Waals surface area contributed by atoms with Gasteiger partial charge in [-0.3, -0.25) is 9.69 Å². The summed E-state index contributed by atoms with van der Waals surface area (Å²) in [5.74, 6) is 1.41. The van der Waals surface area contributed by atoms with Crippen molar-refractivity contribution in [2.45, 2.75) is 6.42 Å². The molecule has 0 bridgehead atoms. The van der Waals surface area contributed by atoms with E-state index in [1.165, 1.54) is 16.7 Å². The SMILES string of the molecule is C=CCc1ccccc1OCCOc1ccccc1/C=C1\SC(=S)N(CC=C)C1=O. The predicted molar refractivity (Wildman–Crippen MR) is 128 cm³/mol. The summed E-state index contributed by atoms with van der Waals surface area (Å²) < 4.78 is 12.3. The number of benzene rings is 2. The Morgan fingerprint density at radius 1 is 0.967 bits per heavy atom. The average molecular weight is 438 g/mol. The van der Waals surface area contributed by atoms with Gasteiger partial charge in [-0.15, -0.1) is 13.2 Å². The normalized spacial score (nSPS) is 14.8. The van der Waals surface area contributed by atoms with E-state index in [2.05, 4.69) is 13.2 Å². The van der Waals surface area contributed by atoms with Gasteiger partial charge in [0.15, 0.2) is 0 Å². The first-order chi connectivity index (χ1) is 14.6. The summed E-state index contributed by atoms with van der Waals surface area (Å²) in [6.45, 7) is 8.65. The Morgan fingerprint density at radius 3 is 2.37 bits per heavy atom. The second-order valence-electron chi connectivity index (χ2n) is 6.42. The van der Waals surface area contributed by atoms with Crippen LogP contribution in [0.5, 0.6) is 11.5 Å². The van der Waals surface area contributed by atoms with Crippen molar-refractivity contribution in [3.05, 3.63) is 89.9 Å². The maximum Gasteiger partial charge on any atom is 0.266 e. The van der Waals surface area contributed by atoms with Gasteiger partial charge in [0.1, 0.15) is 29.0 Å². The lowest BCUT2D eigenvalue weighted by Crippen LogP contribution is -2.27. The van der Waals surface area contributed by atoms with Crippen molar-refractivity contribution in [2.24, 2.45) is 0 Å². The van der Waals surface area contributed by atoms with E-state index in [9.17, 15) is 4.79 Å². The van der Waals surface area contributed by atoms with E-state index in [4.69, 9.17) is 21.7 Å². The molecule has 6 heteroatoms. The summed E-state index contributed by atoms with van der Waals surface area (Å²) in [4.78, 5) is 14.7. The molecule has 1 aliphatic heterocycles. The summed E-state index contributed by atoms with van der Waals surface area (Å²) in [6, 6.07) is 15.5. The van der Waals surface area contributed by atoms with Gasteiger partial charge < -0.3 is 9.47 Å². The number of rotatable bonds is 10. The number of hydrogen-bond acceptors (Lipinski definition) is 5. The van der Waals surface area contributed by atoms with Crippen LogP contribution in [0.1, 0.15) is 11.1 Å². The van der Waals surface area contributed by atoms with E-state index in [0.29, 0.717) is 34.7 Å². The van der Waals surface area contributed by atoms with E-state index < -0.39 is 0 Å². The van der Waals surface area contributed by atoms with Gasteiger partial charge in [-0.1, -0.05) is 72.5 Å². The average Bonchev–Trinajstić information content (AvgIpc) is 3.01. The molecule has 1 aliphatic rings. The number of ether oxygens (including phenoxy) is 2. The molecule has 0 aromatic heterocycles. The van der Waals surface area contributed by atoms with Crippen LogP contribution in [0, 0.1) is 0 Å². The molecule has 2 aromatic carbocycles. The number of thiocarbonyl (C=S) groups is 1. The number of carbonyl (C=O) groups is 1. The smallest absolute Gasteiger partial charge is 0.266 e. The van der Waals surface area contributed by atoms with E-state index in [0.717, 1.165) is 23.3 Å². The molecular formula is C24H23NO3S2. The minimum absolute atomic E-state index is 0.109.